The lowest BCUT2D eigenvalue weighted by atomic mass is 9.32. The maximum Gasteiger partial charge on any atom is 0.252 e. The molecule has 9 aromatic rings. The highest BCUT2D eigenvalue weighted by molar-refractivity contribution is 7.00. The summed E-state index contributed by atoms with van der Waals surface area (Å²) in [5, 5.41) is 2.27. The first-order chi connectivity index (χ1) is 36.6. The van der Waals surface area contributed by atoms with E-state index >= 15 is 0 Å². The van der Waals surface area contributed by atoms with Gasteiger partial charge in [-0.25, -0.2) is 0 Å². The van der Waals surface area contributed by atoms with Gasteiger partial charge in [0.2, 0.25) is 0 Å². The normalized spacial score (nSPS) is 19.4. The third-order valence-corrected chi connectivity index (χ3v) is 20.0. The molecule has 0 spiro atoms. The van der Waals surface area contributed by atoms with Crippen LogP contribution in [0.1, 0.15) is 155 Å². The molecule has 0 radical (unpaired) electrons. The van der Waals surface area contributed by atoms with Crippen LogP contribution in [0.5, 0.6) is 0 Å². The van der Waals surface area contributed by atoms with Crippen molar-refractivity contribution in [3.63, 3.8) is 0 Å². The minimum absolute atomic E-state index is 0.000655. The summed E-state index contributed by atoms with van der Waals surface area (Å²) < 4.78 is 7.15. The minimum Gasteiger partial charge on any atom is -0.454 e. The zero-order valence-electron chi connectivity index (χ0n) is 47.6. The topological polar surface area (TPSA) is 22.9 Å². The van der Waals surface area contributed by atoms with Gasteiger partial charge in [0.15, 0.2) is 5.58 Å². The van der Waals surface area contributed by atoms with Crippen molar-refractivity contribution in [3.8, 4) is 0 Å². The van der Waals surface area contributed by atoms with Gasteiger partial charge in [-0.05, 0) is 194 Å². The lowest BCUT2D eigenvalue weighted by Gasteiger charge is -2.49. The predicted octanol–water partition coefficient (Wildman–Crippen LogP) is 18.2. The molecule has 0 saturated carbocycles. The second-order valence-corrected chi connectivity index (χ2v) is 27.7. The van der Waals surface area contributed by atoms with E-state index < -0.39 is 0 Å². The standard InChI is InChI=1S/C72H74BN3O/c1-67(2)32-33-68(3,4)52-38-47(30-31-51(52)67)75-60-43-55-53(69(5,6)34-36-71(55,9)10)41-57(60)73-58-42-54-56(72(11,12)37-35-70(54,7)8)44-61(58)76(59-28-21-27-50-49-26-19-20-29-64(49)77-66(50)59)63-40-48(39-62(75)65(63)73)74(45-22-15-13-16-23-45)46-24-17-14-18-25-46/h13-31,38-44H,32-37H2,1-12H3. The van der Waals surface area contributed by atoms with E-state index in [0.717, 1.165) is 76.8 Å². The van der Waals surface area contributed by atoms with Gasteiger partial charge in [0.25, 0.3) is 6.71 Å². The molecule has 3 aliphatic carbocycles. The quantitative estimate of drug-likeness (QED) is 0.160. The molecule has 5 aliphatic rings. The van der Waals surface area contributed by atoms with Crippen molar-refractivity contribution >= 4 is 96.2 Å². The summed E-state index contributed by atoms with van der Waals surface area (Å²) in [5.74, 6) is 0. The third-order valence-electron chi connectivity index (χ3n) is 20.0. The van der Waals surface area contributed by atoms with E-state index in [0.29, 0.717) is 0 Å². The Balaban J connectivity index is 1.17. The molecule has 1 aromatic heterocycles. The Labute approximate surface area is 458 Å². The summed E-state index contributed by atoms with van der Waals surface area (Å²) in [6, 6.07) is 60.7. The van der Waals surface area contributed by atoms with Crippen LogP contribution in [0.2, 0.25) is 0 Å². The Bertz CT molecular complexity index is 3870. The zero-order valence-corrected chi connectivity index (χ0v) is 47.6. The fraction of sp³-hybridized carbons (Fsp3) is 0.333. The van der Waals surface area contributed by atoms with Gasteiger partial charge in [0, 0.05) is 50.6 Å². The Morgan fingerprint density at radius 1 is 0.364 bits per heavy atom. The highest BCUT2D eigenvalue weighted by atomic mass is 16.3. The number of fused-ring (bicyclic) bond motifs is 10. The molecule has 0 bridgehead atoms. The number of anilines is 9. The van der Waals surface area contributed by atoms with Gasteiger partial charge < -0.3 is 19.1 Å². The minimum atomic E-state index is -0.0615. The van der Waals surface area contributed by atoms with Crippen LogP contribution in [0, 0.1) is 0 Å². The molecule has 0 atom stereocenters. The number of para-hydroxylation sites is 4. The SMILES string of the molecule is CC1(C)CCC(C)(C)c2cc(N3c4cc5c(cc4B4c6cc7c(cc6N(c6cccc8c6oc6ccccc68)c6cc(N(c8ccccc8)c8ccccc8)cc3c64)C(C)(C)CCC7(C)C)C(C)(C)CCC5(C)C)ccc21. The Morgan fingerprint density at radius 2 is 0.805 bits per heavy atom. The molecule has 0 unspecified atom stereocenters. The van der Waals surface area contributed by atoms with E-state index in [4.69, 9.17) is 4.42 Å². The van der Waals surface area contributed by atoms with E-state index in [1.54, 1.807) is 0 Å². The van der Waals surface area contributed by atoms with Crippen LogP contribution in [-0.2, 0) is 32.5 Å². The molecule has 5 heteroatoms. The molecule has 0 amide bonds. The average Bonchev–Trinajstić information content (AvgIpc) is 3.90. The van der Waals surface area contributed by atoms with Crippen LogP contribution >= 0.6 is 0 Å². The molecule has 3 heterocycles. The number of rotatable bonds is 5. The summed E-state index contributed by atoms with van der Waals surface area (Å²) in [5.41, 5.74) is 25.4. The lowest BCUT2D eigenvalue weighted by molar-refractivity contribution is 0.332. The summed E-state index contributed by atoms with van der Waals surface area (Å²) in [7, 11) is 0. The van der Waals surface area contributed by atoms with Crippen LogP contribution in [0.15, 0.2) is 162 Å². The number of nitrogens with zero attached hydrogens (tertiary/aromatic N) is 3. The monoisotopic (exact) mass is 1010 g/mol. The van der Waals surface area contributed by atoms with Crippen LogP contribution < -0.4 is 31.1 Å². The molecular weight excluding hydrogens is 934 g/mol. The summed E-state index contributed by atoms with van der Waals surface area (Å²) >= 11 is 0. The highest BCUT2D eigenvalue weighted by Crippen LogP contribution is 2.56. The number of hydrogen-bond donors (Lipinski definition) is 0. The first-order valence-electron chi connectivity index (χ1n) is 28.8. The fourth-order valence-electron chi connectivity index (χ4n) is 15.0. The summed E-state index contributed by atoms with van der Waals surface area (Å²) in [6.45, 7) is 29.7. The molecule has 4 nitrogen and oxygen atoms in total. The molecule has 2 aliphatic heterocycles. The van der Waals surface area contributed by atoms with Crippen LogP contribution in [0.4, 0.5) is 51.2 Å². The van der Waals surface area contributed by atoms with Crippen LogP contribution in [0.25, 0.3) is 21.9 Å². The number of benzene rings is 8. The van der Waals surface area contributed by atoms with Crippen LogP contribution in [0.3, 0.4) is 0 Å². The molecule has 0 N–H and O–H groups in total. The van der Waals surface area contributed by atoms with E-state index in [1.807, 2.05) is 0 Å². The van der Waals surface area contributed by atoms with Crippen molar-refractivity contribution < 1.29 is 4.42 Å². The van der Waals surface area contributed by atoms with E-state index in [2.05, 4.69) is 256 Å². The van der Waals surface area contributed by atoms with E-state index in [9.17, 15) is 0 Å². The Kier molecular flexibility index (Phi) is 10.2. The molecule has 0 fully saturated rings. The lowest BCUT2D eigenvalue weighted by Crippen LogP contribution is -2.62. The van der Waals surface area contributed by atoms with E-state index in [1.165, 1.54) is 84.6 Å². The van der Waals surface area contributed by atoms with E-state index in [-0.39, 0.29) is 39.2 Å². The molecule has 8 aromatic carbocycles. The average molecular weight is 1010 g/mol. The highest BCUT2D eigenvalue weighted by Gasteiger charge is 2.50. The maximum atomic E-state index is 7.15. The Morgan fingerprint density at radius 3 is 1.35 bits per heavy atom. The third kappa shape index (κ3) is 7.17. The second-order valence-electron chi connectivity index (χ2n) is 27.7. The van der Waals surface area contributed by atoms with Crippen molar-refractivity contribution in [1.82, 2.24) is 0 Å². The Hall–Kier alpha value is -6.98. The smallest absolute Gasteiger partial charge is 0.252 e. The van der Waals surface area contributed by atoms with Crippen molar-refractivity contribution in [3.05, 3.63) is 191 Å². The van der Waals surface area contributed by atoms with Gasteiger partial charge in [-0.2, -0.15) is 0 Å². The van der Waals surface area contributed by atoms with Crippen molar-refractivity contribution in [2.45, 2.75) is 154 Å². The number of hydrogen-bond acceptors (Lipinski definition) is 4. The maximum absolute atomic E-state index is 7.15. The molecule has 0 saturated heterocycles. The molecule has 14 rings (SSSR count). The van der Waals surface area contributed by atoms with Gasteiger partial charge in [0.05, 0.1) is 11.4 Å². The fourth-order valence-corrected chi connectivity index (χ4v) is 15.0. The largest absolute Gasteiger partial charge is 0.454 e. The van der Waals surface area contributed by atoms with Gasteiger partial charge in [-0.15, -0.1) is 0 Å². The van der Waals surface area contributed by atoms with Gasteiger partial charge in [-0.3, -0.25) is 0 Å². The van der Waals surface area contributed by atoms with Crippen molar-refractivity contribution in [2.24, 2.45) is 0 Å². The second kappa shape index (κ2) is 16.3. The van der Waals surface area contributed by atoms with Crippen molar-refractivity contribution in [2.75, 3.05) is 14.7 Å². The first kappa shape index (κ1) is 48.4. The zero-order chi connectivity index (χ0) is 53.3. The van der Waals surface area contributed by atoms with Crippen LogP contribution in [-0.4, -0.2) is 6.71 Å². The first-order valence-corrected chi connectivity index (χ1v) is 28.8. The van der Waals surface area contributed by atoms with Gasteiger partial charge >= 0.3 is 0 Å². The van der Waals surface area contributed by atoms with Gasteiger partial charge in [-0.1, -0.05) is 168 Å². The molecule has 386 valence electrons. The number of furan rings is 1. The molecular formula is C72H74BN3O. The van der Waals surface area contributed by atoms with Crippen molar-refractivity contribution in [1.29, 1.82) is 0 Å². The summed E-state index contributed by atoms with van der Waals surface area (Å²) in [4.78, 5) is 7.83. The predicted molar refractivity (Wildman–Crippen MR) is 328 cm³/mol. The molecule has 77 heavy (non-hydrogen) atoms. The van der Waals surface area contributed by atoms with Gasteiger partial charge in [0.1, 0.15) is 5.58 Å². The summed E-state index contributed by atoms with van der Waals surface area (Å²) in [6.07, 6.45) is 6.90.